The van der Waals surface area contributed by atoms with Crippen molar-refractivity contribution in [3.05, 3.63) is 57.6 Å². The van der Waals surface area contributed by atoms with Crippen LogP contribution in [0.15, 0.2) is 47.2 Å². The van der Waals surface area contributed by atoms with Crippen LogP contribution in [0, 0.1) is 0 Å². The Bertz CT molecular complexity index is 1050. The number of ether oxygens (including phenoxy) is 3. The third kappa shape index (κ3) is 4.90. The fraction of sp³-hybridized carbons (Fsp3) is 0.182. The summed E-state index contributed by atoms with van der Waals surface area (Å²) in [4.78, 5) is 26.0. The highest BCUT2D eigenvalue weighted by atomic mass is 32.1. The number of methoxy groups -OCH3 is 2. The summed E-state index contributed by atoms with van der Waals surface area (Å²) in [5.74, 6) is 0.303. The molecule has 6 nitrogen and oxygen atoms in total. The number of carbonyl (C=O) groups is 2. The van der Waals surface area contributed by atoms with Crippen molar-refractivity contribution in [2.45, 2.75) is 6.92 Å². The second-order valence-electron chi connectivity index (χ2n) is 5.98. The molecule has 0 saturated heterocycles. The first-order chi connectivity index (χ1) is 14.6. The summed E-state index contributed by atoms with van der Waals surface area (Å²) in [6.07, 6.45) is 3.17. The largest absolute Gasteiger partial charge is 0.493 e. The minimum Gasteiger partial charge on any atom is -0.493 e. The number of hydrogen-bond acceptors (Lipinski definition) is 7. The predicted octanol–water partition coefficient (Wildman–Crippen LogP) is 5.32. The zero-order valence-electron chi connectivity index (χ0n) is 16.8. The first-order valence-electron chi connectivity index (χ1n) is 9.11. The van der Waals surface area contributed by atoms with Crippen molar-refractivity contribution in [1.82, 2.24) is 0 Å². The highest BCUT2D eigenvalue weighted by Crippen LogP contribution is 2.39. The number of amides is 1. The normalized spacial score (nSPS) is 10.8. The van der Waals surface area contributed by atoms with Gasteiger partial charge < -0.3 is 19.5 Å². The molecule has 0 atom stereocenters. The van der Waals surface area contributed by atoms with Gasteiger partial charge in [0.25, 0.3) is 0 Å². The lowest BCUT2D eigenvalue weighted by Gasteiger charge is -2.11. The Morgan fingerprint density at radius 1 is 1.10 bits per heavy atom. The summed E-state index contributed by atoms with van der Waals surface area (Å²) in [7, 11) is 3.11. The van der Waals surface area contributed by atoms with E-state index in [0.717, 1.165) is 10.4 Å². The van der Waals surface area contributed by atoms with E-state index in [1.54, 1.807) is 39.4 Å². The molecule has 0 unspecified atom stereocenters. The van der Waals surface area contributed by atoms with E-state index in [4.69, 9.17) is 14.2 Å². The number of carbonyl (C=O) groups excluding carboxylic acids is 2. The van der Waals surface area contributed by atoms with Crippen LogP contribution in [0.3, 0.4) is 0 Å². The maximum Gasteiger partial charge on any atom is 0.341 e. The van der Waals surface area contributed by atoms with Crippen LogP contribution in [0.1, 0.15) is 22.2 Å². The molecule has 2 heterocycles. The Balaban J connectivity index is 1.94. The van der Waals surface area contributed by atoms with E-state index in [-0.39, 0.29) is 12.5 Å². The summed E-state index contributed by atoms with van der Waals surface area (Å²) in [5.41, 5.74) is 1.71. The van der Waals surface area contributed by atoms with E-state index in [0.29, 0.717) is 27.6 Å². The lowest BCUT2D eigenvalue weighted by atomic mass is 10.0. The van der Waals surface area contributed by atoms with Crippen LogP contribution in [0.2, 0.25) is 0 Å². The van der Waals surface area contributed by atoms with E-state index in [1.165, 1.54) is 28.7 Å². The molecule has 0 aliphatic rings. The number of rotatable bonds is 8. The van der Waals surface area contributed by atoms with Crippen molar-refractivity contribution in [2.75, 3.05) is 26.1 Å². The van der Waals surface area contributed by atoms with Crippen molar-refractivity contribution >= 4 is 45.6 Å². The molecule has 0 fully saturated rings. The van der Waals surface area contributed by atoms with Crippen LogP contribution in [-0.4, -0.2) is 32.7 Å². The average molecular weight is 444 g/mol. The molecule has 0 spiro atoms. The van der Waals surface area contributed by atoms with Crippen LogP contribution in [0.4, 0.5) is 5.00 Å². The summed E-state index contributed by atoms with van der Waals surface area (Å²) in [6.45, 7) is 1.97. The topological polar surface area (TPSA) is 73.9 Å². The fourth-order valence-corrected chi connectivity index (χ4v) is 4.35. The molecule has 0 radical (unpaired) electrons. The molecule has 0 aliphatic heterocycles. The molecule has 0 aliphatic carbocycles. The van der Waals surface area contributed by atoms with Crippen molar-refractivity contribution in [3.63, 3.8) is 0 Å². The number of benzene rings is 1. The second-order valence-corrected chi connectivity index (χ2v) is 7.84. The second kappa shape index (κ2) is 10.1. The van der Waals surface area contributed by atoms with Crippen LogP contribution >= 0.6 is 22.7 Å². The van der Waals surface area contributed by atoms with Crippen LogP contribution < -0.4 is 14.8 Å². The molecule has 30 heavy (non-hydrogen) atoms. The average Bonchev–Trinajstić information content (AvgIpc) is 3.42. The number of anilines is 1. The molecule has 8 heteroatoms. The molecule has 1 amide bonds. The predicted molar refractivity (Wildman–Crippen MR) is 121 cm³/mol. The third-order valence-electron chi connectivity index (χ3n) is 4.14. The quantitative estimate of drug-likeness (QED) is 0.377. The summed E-state index contributed by atoms with van der Waals surface area (Å²) >= 11 is 2.80. The monoisotopic (exact) mass is 443 g/mol. The van der Waals surface area contributed by atoms with Gasteiger partial charge in [-0.15, -0.1) is 22.7 Å². The standard InChI is InChI=1S/C22H21NO5S2/c1-4-28-22(25)20-16(14-7-9-17(26-2)18(12-14)27-3)13-30-21(20)23-19(24)10-8-15-6-5-11-29-15/h5-13H,4H2,1-3H3,(H,23,24)/b10-8+. The summed E-state index contributed by atoms with van der Waals surface area (Å²) in [6, 6.07) is 9.21. The van der Waals surface area contributed by atoms with Gasteiger partial charge in [0.2, 0.25) is 5.91 Å². The van der Waals surface area contributed by atoms with Gasteiger partial charge in [-0.3, -0.25) is 4.79 Å². The SMILES string of the molecule is CCOC(=O)c1c(-c2ccc(OC)c(OC)c2)csc1NC(=O)/C=C/c1cccs1. The lowest BCUT2D eigenvalue weighted by Crippen LogP contribution is -2.12. The highest BCUT2D eigenvalue weighted by molar-refractivity contribution is 7.15. The first kappa shape index (κ1) is 21.6. The summed E-state index contributed by atoms with van der Waals surface area (Å²) in [5, 5.41) is 6.97. The van der Waals surface area contributed by atoms with Crippen molar-refractivity contribution in [2.24, 2.45) is 0 Å². The van der Waals surface area contributed by atoms with Crippen LogP contribution in [0.5, 0.6) is 11.5 Å². The van der Waals surface area contributed by atoms with Gasteiger partial charge in [0.1, 0.15) is 10.6 Å². The Morgan fingerprint density at radius 3 is 2.57 bits per heavy atom. The van der Waals surface area contributed by atoms with Gasteiger partial charge in [0.05, 0.1) is 20.8 Å². The zero-order valence-corrected chi connectivity index (χ0v) is 18.4. The van der Waals surface area contributed by atoms with Crippen molar-refractivity contribution in [1.29, 1.82) is 0 Å². The smallest absolute Gasteiger partial charge is 0.341 e. The molecule has 2 aromatic heterocycles. The van der Waals surface area contributed by atoms with Gasteiger partial charge in [0, 0.05) is 21.9 Å². The Hall–Kier alpha value is -3.10. The van der Waals surface area contributed by atoms with Crippen molar-refractivity contribution in [3.8, 4) is 22.6 Å². The molecule has 156 valence electrons. The maximum absolute atomic E-state index is 12.7. The molecular weight excluding hydrogens is 422 g/mol. The van der Waals surface area contributed by atoms with E-state index >= 15 is 0 Å². The van der Waals surface area contributed by atoms with E-state index in [1.807, 2.05) is 29.0 Å². The summed E-state index contributed by atoms with van der Waals surface area (Å²) < 4.78 is 15.9. The van der Waals surface area contributed by atoms with E-state index in [9.17, 15) is 9.59 Å². The Labute approximate surface area is 182 Å². The number of thiophene rings is 2. The third-order valence-corrected chi connectivity index (χ3v) is 5.88. The van der Waals surface area contributed by atoms with E-state index in [2.05, 4.69) is 5.32 Å². The van der Waals surface area contributed by atoms with Crippen LogP contribution in [-0.2, 0) is 9.53 Å². The fourth-order valence-electron chi connectivity index (χ4n) is 2.77. The number of esters is 1. The van der Waals surface area contributed by atoms with Gasteiger partial charge in [-0.1, -0.05) is 12.1 Å². The Morgan fingerprint density at radius 2 is 1.90 bits per heavy atom. The molecular formula is C22H21NO5S2. The number of hydrogen-bond donors (Lipinski definition) is 1. The minimum atomic E-state index is -0.499. The van der Waals surface area contributed by atoms with Crippen LogP contribution in [0.25, 0.3) is 17.2 Å². The molecule has 0 bridgehead atoms. The van der Waals surface area contributed by atoms with Gasteiger partial charge in [0.15, 0.2) is 11.5 Å². The van der Waals surface area contributed by atoms with E-state index < -0.39 is 5.97 Å². The minimum absolute atomic E-state index is 0.228. The van der Waals surface area contributed by atoms with Gasteiger partial charge in [-0.25, -0.2) is 4.79 Å². The lowest BCUT2D eigenvalue weighted by molar-refractivity contribution is -0.111. The Kier molecular flexibility index (Phi) is 7.26. The first-order valence-corrected chi connectivity index (χ1v) is 10.9. The highest BCUT2D eigenvalue weighted by Gasteiger charge is 2.23. The zero-order chi connectivity index (χ0) is 21.5. The van der Waals surface area contributed by atoms with Gasteiger partial charge in [-0.2, -0.15) is 0 Å². The van der Waals surface area contributed by atoms with Crippen molar-refractivity contribution < 1.29 is 23.8 Å². The van der Waals surface area contributed by atoms with Gasteiger partial charge in [-0.05, 0) is 42.1 Å². The maximum atomic E-state index is 12.7. The molecule has 1 aromatic carbocycles. The molecule has 1 N–H and O–H groups in total. The molecule has 0 saturated carbocycles. The molecule has 3 aromatic rings. The number of nitrogens with one attached hydrogen (secondary N) is 1. The van der Waals surface area contributed by atoms with Gasteiger partial charge >= 0.3 is 5.97 Å². The molecule has 3 rings (SSSR count).